The summed E-state index contributed by atoms with van der Waals surface area (Å²) in [5.74, 6) is -0.339. The number of hydrogen-bond acceptors (Lipinski definition) is 6. The van der Waals surface area contributed by atoms with Crippen LogP contribution in [0, 0.1) is 0 Å². The minimum Gasteiger partial charge on any atom is -0.496 e. The van der Waals surface area contributed by atoms with E-state index in [1.807, 2.05) is 0 Å². The van der Waals surface area contributed by atoms with E-state index in [1.165, 1.54) is 20.4 Å². The fraction of sp³-hybridized carbons (Fsp3) is 0.375. The standard InChI is InChI=1S/C16H20BrNO5/c1-6-23-16(20)11(9-18(2)3)15(19)10-7-12(17)14(22-5)8-13(10)21-4/h7-9H,6H2,1-5H3/b11-9-. The van der Waals surface area contributed by atoms with Crippen molar-refractivity contribution in [1.29, 1.82) is 0 Å². The van der Waals surface area contributed by atoms with Crippen LogP contribution in [-0.4, -0.2) is 51.6 Å². The minimum absolute atomic E-state index is 0.0767. The SMILES string of the molecule is CCOC(=O)/C(=C\N(C)C)C(=O)c1cc(Br)c(OC)cc1OC. The van der Waals surface area contributed by atoms with Gasteiger partial charge in [0, 0.05) is 26.4 Å². The molecule has 0 heterocycles. The molecule has 0 aliphatic heterocycles. The van der Waals surface area contributed by atoms with Crippen LogP contribution in [0.25, 0.3) is 0 Å². The van der Waals surface area contributed by atoms with Gasteiger partial charge in [-0.15, -0.1) is 0 Å². The van der Waals surface area contributed by atoms with Gasteiger partial charge in [-0.3, -0.25) is 4.79 Å². The van der Waals surface area contributed by atoms with Crippen molar-refractivity contribution in [3.8, 4) is 11.5 Å². The molecule has 1 aromatic carbocycles. The Labute approximate surface area is 144 Å². The lowest BCUT2D eigenvalue weighted by molar-refractivity contribution is -0.138. The van der Waals surface area contributed by atoms with Crippen molar-refractivity contribution in [2.45, 2.75) is 6.92 Å². The first-order valence-electron chi connectivity index (χ1n) is 6.87. The van der Waals surface area contributed by atoms with Gasteiger partial charge in [-0.25, -0.2) is 4.79 Å². The first-order chi connectivity index (χ1) is 10.8. The molecular weight excluding hydrogens is 366 g/mol. The second-order valence-electron chi connectivity index (χ2n) is 4.74. The lowest BCUT2D eigenvalue weighted by Crippen LogP contribution is -2.20. The molecule has 23 heavy (non-hydrogen) atoms. The summed E-state index contributed by atoms with van der Waals surface area (Å²) in [5, 5.41) is 0. The first-order valence-corrected chi connectivity index (χ1v) is 7.66. The fourth-order valence-corrected chi connectivity index (χ4v) is 2.36. The van der Waals surface area contributed by atoms with E-state index in [4.69, 9.17) is 14.2 Å². The van der Waals surface area contributed by atoms with Gasteiger partial charge < -0.3 is 19.1 Å². The van der Waals surface area contributed by atoms with Crippen molar-refractivity contribution in [1.82, 2.24) is 4.90 Å². The Morgan fingerprint density at radius 2 is 1.78 bits per heavy atom. The summed E-state index contributed by atoms with van der Waals surface area (Å²) in [6.45, 7) is 1.86. The van der Waals surface area contributed by atoms with Crippen LogP contribution in [0.15, 0.2) is 28.4 Å². The predicted molar refractivity (Wildman–Crippen MR) is 90.0 cm³/mol. The Balaban J connectivity index is 3.39. The van der Waals surface area contributed by atoms with Crippen LogP contribution in [0.4, 0.5) is 0 Å². The van der Waals surface area contributed by atoms with Gasteiger partial charge in [-0.05, 0) is 28.9 Å². The smallest absolute Gasteiger partial charge is 0.343 e. The Morgan fingerprint density at radius 3 is 2.26 bits per heavy atom. The van der Waals surface area contributed by atoms with E-state index in [9.17, 15) is 9.59 Å². The fourth-order valence-electron chi connectivity index (χ4n) is 1.85. The maximum atomic E-state index is 12.8. The summed E-state index contributed by atoms with van der Waals surface area (Å²) in [5.41, 5.74) is 0.161. The summed E-state index contributed by atoms with van der Waals surface area (Å²) >= 11 is 3.33. The minimum atomic E-state index is -0.680. The van der Waals surface area contributed by atoms with E-state index in [2.05, 4.69) is 15.9 Å². The van der Waals surface area contributed by atoms with Crippen molar-refractivity contribution in [3.63, 3.8) is 0 Å². The normalized spacial score (nSPS) is 11.0. The Hall–Kier alpha value is -2.02. The van der Waals surface area contributed by atoms with Crippen molar-refractivity contribution < 1.29 is 23.8 Å². The quantitative estimate of drug-likeness (QED) is 0.236. The van der Waals surface area contributed by atoms with E-state index in [1.54, 1.807) is 38.1 Å². The lowest BCUT2D eigenvalue weighted by Gasteiger charge is -2.14. The third kappa shape index (κ3) is 4.72. The third-order valence-electron chi connectivity index (χ3n) is 2.85. The molecule has 0 saturated carbocycles. The summed E-state index contributed by atoms with van der Waals surface area (Å²) in [6, 6.07) is 3.14. The maximum absolute atomic E-state index is 12.8. The molecule has 0 aliphatic carbocycles. The van der Waals surface area contributed by atoms with Crippen molar-refractivity contribution in [2.24, 2.45) is 0 Å². The molecule has 0 spiro atoms. The van der Waals surface area contributed by atoms with Gasteiger partial charge in [0.05, 0.1) is 30.9 Å². The lowest BCUT2D eigenvalue weighted by atomic mass is 10.0. The molecule has 0 aliphatic rings. The largest absolute Gasteiger partial charge is 0.496 e. The van der Waals surface area contributed by atoms with E-state index >= 15 is 0 Å². The second-order valence-corrected chi connectivity index (χ2v) is 5.60. The third-order valence-corrected chi connectivity index (χ3v) is 3.47. The van der Waals surface area contributed by atoms with Gasteiger partial charge >= 0.3 is 5.97 Å². The molecule has 6 nitrogen and oxygen atoms in total. The van der Waals surface area contributed by atoms with E-state index in [-0.39, 0.29) is 17.7 Å². The first kappa shape index (κ1) is 19.0. The van der Waals surface area contributed by atoms with E-state index in [0.717, 1.165) is 0 Å². The van der Waals surface area contributed by atoms with Gasteiger partial charge in [0.1, 0.15) is 17.1 Å². The summed E-state index contributed by atoms with van der Waals surface area (Å²) in [7, 11) is 6.39. The summed E-state index contributed by atoms with van der Waals surface area (Å²) in [4.78, 5) is 26.5. The van der Waals surface area contributed by atoms with Crippen LogP contribution in [0.1, 0.15) is 17.3 Å². The average molecular weight is 386 g/mol. The molecule has 0 unspecified atom stereocenters. The van der Waals surface area contributed by atoms with Crippen molar-refractivity contribution >= 4 is 27.7 Å². The molecule has 1 rings (SSSR count). The maximum Gasteiger partial charge on any atom is 0.343 e. The van der Waals surface area contributed by atoms with Crippen molar-refractivity contribution in [2.75, 3.05) is 34.9 Å². The average Bonchev–Trinajstić information content (AvgIpc) is 2.51. The molecule has 0 radical (unpaired) electrons. The molecule has 7 heteroatoms. The molecule has 0 saturated heterocycles. The second kappa shape index (κ2) is 8.57. The number of Topliss-reactive ketones (excluding diaryl/α,β-unsaturated/α-hetero) is 1. The van der Waals surface area contributed by atoms with Crippen molar-refractivity contribution in [3.05, 3.63) is 33.9 Å². The number of carbonyl (C=O) groups excluding carboxylic acids is 2. The number of benzene rings is 1. The molecule has 0 fully saturated rings. The molecule has 0 amide bonds. The van der Waals surface area contributed by atoms with E-state index in [0.29, 0.717) is 16.0 Å². The summed E-state index contributed by atoms with van der Waals surface area (Å²) in [6.07, 6.45) is 1.43. The molecule has 0 N–H and O–H groups in total. The molecule has 0 aromatic heterocycles. The molecule has 0 bridgehead atoms. The van der Waals surface area contributed by atoms with Crippen LogP contribution in [0.2, 0.25) is 0 Å². The van der Waals surface area contributed by atoms with Gasteiger partial charge in [0.15, 0.2) is 0 Å². The Kier molecular flexibility index (Phi) is 7.09. The van der Waals surface area contributed by atoms with Crippen LogP contribution in [0.5, 0.6) is 11.5 Å². The Bertz CT molecular complexity index is 625. The monoisotopic (exact) mass is 385 g/mol. The molecular formula is C16H20BrNO5. The summed E-state index contributed by atoms with van der Waals surface area (Å²) < 4.78 is 16.0. The van der Waals surface area contributed by atoms with Gasteiger partial charge in [-0.2, -0.15) is 0 Å². The van der Waals surface area contributed by atoms with Crippen LogP contribution < -0.4 is 9.47 Å². The van der Waals surface area contributed by atoms with Crippen LogP contribution in [-0.2, 0) is 9.53 Å². The number of rotatable bonds is 7. The van der Waals surface area contributed by atoms with Gasteiger partial charge in [0.25, 0.3) is 0 Å². The number of esters is 1. The zero-order valence-corrected chi connectivity index (χ0v) is 15.4. The topological polar surface area (TPSA) is 65.1 Å². The number of ether oxygens (including phenoxy) is 3. The number of halogens is 1. The zero-order chi connectivity index (χ0) is 17.6. The highest BCUT2D eigenvalue weighted by molar-refractivity contribution is 9.10. The van der Waals surface area contributed by atoms with Gasteiger partial charge in [0.2, 0.25) is 5.78 Å². The number of hydrogen-bond donors (Lipinski definition) is 0. The molecule has 0 atom stereocenters. The highest BCUT2D eigenvalue weighted by Gasteiger charge is 2.25. The van der Waals surface area contributed by atoms with E-state index < -0.39 is 11.8 Å². The van der Waals surface area contributed by atoms with Crippen LogP contribution >= 0.6 is 15.9 Å². The predicted octanol–water partition coefficient (Wildman–Crippen LogP) is 2.66. The molecule has 1 aromatic rings. The number of carbonyl (C=O) groups is 2. The number of ketones is 1. The Morgan fingerprint density at radius 1 is 1.17 bits per heavy atom. The van der Waals surface area contributed by atoms with Gasteiger partial charge in [-0.1, -0.05) is 0 Å². The number of methoxy groups -OCH3 is 2. The molecule has 126 valence electrons. The highest BCUT2D eigenvalue weighted by atomic mass is 79.9. The highest BCUT2D eigenvalue weighted by Crippen LogP contribution is 2.34. The zero-order valence-electron chi connectivity index (χ0n) is 13.8. The number of nitrogens with zero attached hydrogens (tertiary/aromatic N) is 1. The van der Waals surface area contributed by atoms with Crippen LogP contribution in [0.3, 0.4) is 0 Å².